The number of nitrogens with zero attached hydrogens (tertiary/aromatic N) is 1. The number of hydrogen-bond donors (Lipinski definition) is 0. The molecule has 0 aliphatic heterocycles. The van der Waals surface area contributed by atoms with Crippen molar-refractivity contribution in [3.05, 3.63) is 35.0 Å². The highest BCUT2D eigenvalue weighted by atomic mass is 79.9. The summed E-state index contributed by atoms with van der Waals surface area (Å²) in [5.41, 5.74) is 1.74. The Kier molecular flexibility index (Phi) is 2.54. The van der Waals surface area contributed by atoms with Crippen LogP contribution < -0.4 is 4.74 Å². The van der Waals surface area contributed by atoms with Gasteiger partial charge in [-0.3, -0.25) is 0 Å². The number of ether oxygens (including phenoxy) is 1. The van der Waals surface area contributed by atoms with Crippen LogP contribution in [-0.2, 0) is 0 Å². The first kappa shape index (κ1) is 9.27. The van der Waals surface area contributed by atoms with E-state index in [0.717, 1.165) is 21.5 Å². The number of halogens is 1. The van der Waals surface area contributed by atoms with E-state index >= 15 is 0 Å². The SMILES string of the molecule is COc1ccc(Br)c(-c2ccon2)c1. The van der Waals surface area contributed by atoms with Gasteiger partial charge in [-0.15, -0.1) is 0 Å². The zero-order chi connectivity index (χ0) is 9.97. The Labute approximate surface area is 89.8 Å². The Hall–Kier alpha value is -1.29. The van der Waals surface area contributed by atoms with Crippen molar-refractivity contribution in [3.8, 4) is 17.0 Å². The van der Waals surface area contributed by atoms with Gasteiger partial charge in [0, 0.05) is 16.1 Å². The monoisotopic (exact) mass is 253 g/mol. The molecule has 1 heterocycles. The predicted molar refractivity (Wildman–Crippen MR) is 56.2 cm³/mol. The second-order valence-corrected chi connectivity index (χ2v) is 3.58. The van der Waals surface area contributed by atoms with E-state index in [9.17, 15) is 0 Å². The molecule has 0 radical (unpaired) electrons. The second kappa shape index (κ2) is 3.84. The highest BCUT2D eigenvalue weighted by Gasteiger charge is 2.07. The summed E-state index contributed by atoms with van der Waals surface area (Å²) in [6, 6.07) is 7.51. The van der Waals surface area contributed by atoms with Gasteiger partial charge in [0.2, 0.25) is 0 Å². The first-order chi connectivity index (χ1) is 6.81. The average molecular weight is 254 g/mol. The molecule has 0 aliphatic carbocycles. The molecule has 0 atom stereocenters. The van der Waals surface area contributed by atoms with Crippen LogP contribution in [0, 0.1) is 0 Å². The van der Waals surface area contributed by atoms with Gasteiger partial charge in [-0.25, -0.2) is 0 Å². The number of benzene rings is 1. The van der Waals surface area contributed by atoms with Crippen LogP contribution in [0.5, 0.6) is 5.75 Å². The van der Waals surface area contributed by atoms with Crippen molar-refractivity contribution in [1.82, 2.24) is 5.16 Å². The summed E-state index contributed by atoms with van der Waals surface area (Å²) >= 11 is 3.44. The molecular weight excluding hydrogens is 246 g/mol. The van der Waals surface area contributed by atoms with Crippen molar-refractivity contribution in [1.29, 1.82) is 0 Å². The average Bonchev–Trinajstić information content (AvgIpc) is 2.71. The number of hydrogen-bond acceptors (Lipinski definition) is 3. The molecule has 0 saturated heterocycles. The predicted octanol–water partition coefficient (Wildman–Crippen LogP) is 3.11. The van der Waals surface area contributed by atoms with E-state index in [1.165, 1.54) is 0 Å². The fourth-order valence-electron chi connectivity index (χ4n) is 1.18. The summed E-state index contributed by atoms with van der Waals surface area (Å²) in [7, 11) is 1.63. The molecule has 3 nitrogen and oxygen atoms in total. The van der Waals surface area contributed by atoms with Crippen LogP contribution in [0.4, 0.5) is 0 Å². The van der Waals surface area contributed by atoms with Crippen molar-refractivity contribution < 1.29 is 9.26 Å². The third-order valence-corrected chi connectivity index (χ3v) is 2.58. The molecule has 4 heteroatoms. The molecule has 0 N–H and O–H groups in total. The maximum Gasteiger partial charge on any atom is 0.124 e. The minimum absolute atomic E-state index is 0.788. The van der Waals surface area contributed by atoms with Crippen molar-refractivity contribution in [2.45, 2.75) is 0 Å². The summed E-state index contributed by atoms with van der Waals surface area (Å²) < 4.78 is 10.9. The fraction of sp³-hybridized carbons (Fsp3) is 0.100. The molecule has 1 aromatic carbocycles. The summed E-state index contributed by atoms with van der Waals surface area (Å²) in [6.07, 6.45) is 1.54. The van der Waals surface area contributed by atoms with E-state index in [-0.39, 0.29) is 0 Å². The van der Waals surface area contributed by atoms with Crippen molar-refractivity contribution in [2.75, 3.05) is 7.11 Å². The number of rotatable bonds is 2. The largest absolute Gasteiger partial charge is 0.497 e. The van der Waals surface area contributed by atoms with Gasteiger partial charge in [-0.1, -0.05) is 21.1 Å². The zero-order valence-electron chi connectivity index (χ0n) is 7.53. The highest BCUT2D eigenvalue weighted by molar-refractivity contribution is 9.10. The van der Waals surface area contributed by atoms with E-state index in [1.54, 1.807) is 19.4 Å². The molecule has 1 aromatic heterocycles. The van der Waals surface area contributed by atoms with Gasteiger partial charge < -0.3 is 9.26 Å². The Balaban J connectivity index is 2.51. The summed E-state index contributed by atoms with van der Waals surface area (Å²) in [5.74, 6) is 0.797. The van der Waals surface area contributed by atoms with Crippen molar-refractivity contribution >= 4 is 15.9 Å². The molecule has 0 spiro atoms. The Bertz CT molecular complexity index is 426. The quantitative estimate of drug-likeness (QED) is 0.825. The van der Waals surface area contributed by atoms with E-state index in [4.69, 9.17) is 9.26 Å². The minimum Gasteiger partial charge on any atom is -0.497 e. The molecule has 14 heavy (non-hydrogen) atoms. The summed E-state index contributed by atoms with van der Waals surface area (Å²) in [4.78, 5) is 0. The molecule has 0 bridgehead atoms. The second-order valence-electron chi connectivity index (χ2n) is 2.73. The van der Waals surface area contributed by atoms with Crippen LogP contribution in [0.3, 0.4) is 0 Å². The van der Waals surface area contributed by atoms with Gasteiger partial charge in [-0.05, 0) is 18.2 Å². The standard InChI is InChI=1S/C10H8BrNO2/c1-13-7-2-3-9(11)8(6-7)10-4-5-14-12-10/h2-6H,1H3. The Morgan fingerprint density at radius 3 is 2.86 bits per heavy atom. The van der Waals surface area contributed by atoms with Gasteiger partial charge in [0.05, 0.1) is 7.11 Å². The molecule has 0 amide bonds. The van der Waals surface area contributed by atoms with Gasteiger partial charge in [-0.2, -0.15) is 0 Å². The van der Waals surface area contributed by atoms with Crippen LogP contribution in [0.15, 0.2) is 39.5 Å². The molecule has 0 aliphatic rings. The smallest absolute Gasteiger partial charge is 0.124 e. The Morgan fingerprint density at radius 1 is 1.36 bits per heavy atom. The number of methoxy groups -OCH3 is 1. The summed E-state index contributed by atoms with van der Waals surface area (Å²) in [6.45, 7) is 0. The van der Waals surface area contributed by atoms with Gasteiger partial charge in [0.15, 0.2) is 0 Å². The fourth-order valence-corrected chi connectivity index (χ4v) is 1.63. The topological polar surface area (TPSA) is 35.3 Å². The van der Waals surface area contributed by atoms with Gasteiger partial charge in [0.25, 0.3) is 0 Å². The lowest BCUT2D eigenvalue weighted by molar-refractivity contribution is 0.414. The van der Waals surface area contributed by atoms with Gasteiger partial charge >= 0.3 is 0 Å². The molecule has 0 fully saturated rings. The maximum absolute atomic E-state index is 5.13. The normalized spacial score (nSPS) is 10.1. The lowest BCUT2D eigenvalue weighted by Crippen LogP contribution is -1.85. The van der Waals surface area contributed by atoms with Crippen molar-refractivity contribution in [2.24, 2.45) is 0 Å². The molecule has 0 unspecified atom stereocenters. The Morgan fingerprint density at radius 2 is 2.21 bits per heavy atom. The molecular formula is C10H8BrNO2. The highest BCUT2D eigenvalue weighted by Crippen LogP contribution is 2.30. The molecule has 2 rings (SSSR count). The van der Waals surface area contributed by atoms with Crippen LogP contribution in [0.2, 0.25) is 0 Å². The molecule has 0 saturated carbocycles. The van der Waals surface area contributed by atoms with Crippen LogP contribution in [0.25, 0.3) is 11.3 Å². The first-order valence-corrected chi connectivity index (χ1v) is 4.85. The molecule has 2 aromatic rings. The maximum atomic E-state index is 5.13. The molecule has 72 valence electrons. The van der Waals surface area contributed by atoms with Crippen molar-refractivity contribution in [3.63, 3.8) is 0 Å². The minimum atomic E-state index is 0.788. The first-order valence-electron chi connectivity index (χ1n) is 4.05. The van der Waals surface area contributed by atoms with E-state index < -0.39 is 0 Å². The zero-order valence-corrected chi connectivity index (χ0v) is 9.11. The van der Waals surface area contributed by atoms with E-state index in [0.29, 0.717) is 0 Å². The van der Waals surface area contributed by atoms with E-state index in [2.05, 4.69) is 21.1 Å². The lowest BCUT2D eigenvalue weighted by atomic mass is 10.1. The lowest BCUT2D eigenvalue weighted by Gasteiger charge is -2.03. The van der Waals surface area contributed by atoms with Crippen LogP contribution in [-0.4, -0.2) is 12.3 Å². The van der Waals surface area contributed by atoms with Crippen LogP contribution in [0.1, 0.15) is 0 Å². The van der Waals surface area contributed by atoms with Crippen LogP contribution >= 0.6 is 15.9 Å². The van der Waals surface area contributed by atoms with E-state index in [1.807, 2.05) is 18.2 Å². The summed E-state index contributed by atoms with van der Waals surface area (Å²) in [5, 5.41) is 3.86. The number of aromatic nitrogens is 1. The van der Waals surface area contributed by atoms with Gasteiger partial charge in [0.1, 0.15) is 17.7 Å². The third-order valence-electron chi connectivity index (χ3n) is 1.89. The third kappa shape index (κ3) is 1.65.